The van der Waals surface area contributed by atoms with Gasteiger partial charge in [-0.05, 0) is 37.0 Å². The molecule has 0 atom stereocenters. The zero-order chi connectivity index (χ0) is 9.31. The SMILES string of the molecule is COc1ccc(CC2(I)CC2)cc1. The Hall–Kier alpha value is -0.250. The molecule has 0 amide bonds. The number of benzene rings is 1. The van der Waals surface area contributed by atoms with Crippen LogP contribution >= 0.6 is 22.6 Å². The first-order valence-corrected chi connectivity index (χ1v) is 5.62. The molecule has 1 fully saturated rings. The van der Waals surface area contributed by atoms with E-state index in [1.807, 2.05) is 12.1 Å². The molecule has 1 aliphatic rings. The van der Waals surface area contributed by atoms with Crippen molar-refractivity contribution in [2.45, 2.75) is 22.7 Å². The maximum absolute atomic E-state index is 5.11. The molecule has 13 heavy (non-hydrogen) atoms. The van der Waals surface area contributed by atoms with Crippen LogP contribution in [0.1, 0.15) is 18.4 Å². The molecule has 0 saturated heterocycles. The molecule has 0 unspecified atom stereocenters. The molecule has 1 aliphatic carbocycles. The average Bonchev–Trinajstić information content (AvgIpc) is 2.85. The van der Waals surface area contributed by atoms with Crippen molar-refractivity contribution < 1.29 is 4.74 Å². The molecule has 0 aliphatic heterocycles. The Balaban J connectivity index is 2.05. The maximum atomic E-state index is 5.11. The highest BCUT2D eigenvalue weighted by Crippen LogP contribution is 2.47. The summed E-state index contributed by atoms with van der Waals surface area (Å²) in [6.45, 7) is 0. The number of alkyl halides is 1. The molecule has 0 spiro atoms. The fraction of sp³-hybridized carbons (Fsp3) is 0.455. The molecular formula is C11H13IO. The molecule has 0 bridgehead atoms. The molecule has 1 saturated carbocycles. The minimum atomic E-state index is 0.576. The summed E-state index contributed by atoms with van der Waals surface area (Å²) in [6, 6.07) is 8.41. The highest BCUT2D eigenvalue weighted by Gasteiger charge is 2.39. The quantitative estimate of drug-likeness (QED) is 0.613. The Kier molecular flexibility index (Phi) is 2.49. The van der Waals surface area contributed by atoms with Crippen molar-refractivity contribution in [1.82, 2.24) is 0 Å². The lowest BCUT2D eigenvalue weighted by atomic mass is 10.1. The average molecular weight is 288 g/mol. The van der Waals surface area contributed by atoms with Crippen LogP contribution < -0.4 is 4.74 Å². The lowest BCUT2D eigenvalue weighted by Gasteiger charge is -2.06. The van der Waals surface area contributed by atoms with Gasteiger partial charge in [0.2, 0.25) is 0 Å². The van der Waals surface area contributed by atoms with E-state index in [0.29, 0.717) is 3.42 Å². The van der Waals surface area contributed by atoms with E-state index in [0.717, 1.165) is 5.75 Å². The first-order valence-electron chi connectivity index (χ1n) is 4.54. The highest BCUT2D eigenvalue weighted by atomic mass is 127. The van der Waals surface area contributed by atoms with Crippen molar-refractivity contribution in [2.75, 3.05) is 7.11 Å². The Morgan fingerprint density at radius 1 is 1.31 bits per heavy atom. The van der Waals surface area contributed by atoms with Gasteiger partial charge in [-0.3, -0.25) is 0 Å². The number of rotatable bonds is 3. The predicted molar refractivity (Wildman–Crippen MR) is 62.7 cm³/mol. The smallest absolute Gasteiger partial charge is 0.118 e. The van der Waals surface area contributed by atoms with Crippen LogP contribution in [0, 0.1) is 0 Å². The molecular weight excluding hydrogens is 275 g/mol. The maximum Gasteiger partial charge on any atom is 0.118 e. The van der Waals surface area contributed by atoms with E-state index in [4.69, 9.17) is 4.74 Å². The molecule has 1 aromatic rings. The van der Waals surface area contributed by atoms with Gasteiger partial charge in [0, 0.05) is 3.42 Å². The Morgan fingerprint density at radius 3 is 2.38 bits per heavy atom. The lowest BCUT2D eigenvalue weighted by molar-refractivity contribution is 0.414. The van der Waals surface area contributed by atoms with Crippen molar-refractivity contribution in [3.8, 4) is 5.75 Å². The third-order valence-corrected chi connectivity index (χ3v) is 3.93. The molecule has 2 heteroatoms. The molecule has 0 N–H and O–H groups in total. The van der Waals surface area contributed by atoms with Crippen LogP contribution in [0.25, 0.3) is 0 Å². The fourth-order valence-electron chi connectivity index (χ4n) is 1.42. The molecule has 0 heterocycles. The van der Waals surface area contributed by atoms with Gasteiger partial charge in [-0.1, -0.05) is 34.7 Å². The Morgan fingerprint density at radius 2 is 1.92 bits per heavy atom. The molecule has 1 aromatic carbocycles. The van der Waals surface area contributed by atoms with Crippen molar-refractivity contribution in [2.24, 2.45) is 0 Å². The molecule has 70 valence electrons. The minimum absolute atomic E-state index is 0.576. The van der Waals surface area contributed by atoms with Gasteiger partial charge < -0.3 is 4.74 Å². The second kappa shape index (κ2) is 3.48. The fourth-order valence-corrected chi connectivity index (χ4v) is 2.13. The number of hydrogen-bond donors (Lipinski definition) is 0. The second-order valence-corrected chi connectivity index (χ2v) is 5.96. The van der Waals surface area contributed by atoms with Crippen LogP contribution in [0.4, 0.5) is 0 Å². The monoisotopic (exact) mass is 288 g/mol. The summed E-state index contributed by atoms with van der Waals surface area (Å²) in [6.07, 6.45) is 3.96. The van der Waals surface area contributed by atoms with Gasteiger partial charge in [-0.2, -0.15) is 0 Å². The molecule has 2 rings (SSSR count). The van der Waals surface area contributed by atoms with Crippen LogP contribution in [0.15, 0.2) is 24.3 Å². The lowest BCUT2D eigenvalue weighted by Crippen LogP contribution is -2.01. The summed E-state index contributed by atoms with van der Waals surface area (Å²) < 4.78 is 5.69. The first kappa shape index (κ1) is 9.31. The molecule has 0 radical (unpaired) electrons. The number of halogens is 1. The first-order chi connectivity index (χ1) is 6.22. The van der Waals surface area contributed by atoms with E-state index >= 15 is 0 Å². The van der Waals surface area contributed by atoms with E-state index < -0.39 is 0 Å². The second-order valence-electron chi connectivity index (χ2n) is 3.68. The van der Waals surface area contributed by atoms with Crippen LogP contribution in [0.5, 0.6) is 5.75 Å². The number of hydrogen-bond acceptors (Lipinski definition) is 1. The van der Waals surface area contributed by atoms with Crippen LogP contribution in [0.3, 0.4) is 0 Å². The van der Waals surface area contributed by atoms with Gasteiger partial charge in [0.05, 0.1) is 7.11 Å². The van der Waals surface area contributed by atoms with Crippen molar-refractivity contribution >= 4 is 22.6 Å². The van der Waals surface area contributed by atoms with Crippen molar-refractivity contribution in [1.29, 1.82) is 0 Å². The summed E-state index contributed by atoms with van der Waals surface area (Å²) in [4.78, 5) is 0. The molecule has 1 nitrogen and oxygen atoms in total. The van der Waals surface area contributed by atoms with Crippen LogP contribution in [0.2, 0.25) is 0 Å². The van der Waals surface area contributed by atoms with Gasteiger partial charge in [-0.25, -0.2) is 0 Å². The predicted octanol–water partition coefficient (Wildman–Crippen LogP) is 3.21. The summed E-state index contributed by atoms with van der Waals surface area (Å²) in [5.74, 6) is 0.946. The van der Waals surface area contributed by atoms with Gasteiger partial charge in [0.1, 0.15) is 5.75 Å². The van der Waals surface area contributed by atoms with E-state index in [1.54, 1.807) is 7.11 Å². The summed E-state index contributed by atoms with van der Waals surface area (Å²) in [7, 11) is 1.70. The zero-order valence-electron chi connectivity index (χ0n) is 7.72. The van der Waals surface area contributed by atoms with Crippen molar-refractivity contribution in [3.05, 3.63) is 29.8 Å². The van der Waals surface area contributed by atoms with E-state index in [2.05, 4.69) is 34.7 Å². The summed E-state index contributed by atoms with van der Waals surface area (Å²) in [5, 5.41) is 0. The largest absolute Gasteiger partial charge is 0.497 e. The van der Waals surface area contributed by atoms with Crippen LogP contribution in [-0.4, -0.2) is 10.5 Å². The van der Waals surface area contributed by atoms with E-state index in [-0.39, 0.29) is 0 Å². The highest BCUT2D eigenvalue weighted by molar-refractivity contribution is 14.1. The third-order valence-electron chi connectivity index (χ3n) is 2.47. The van der Waals surface area contributed by atoms with Crippen molar-refractivity contribution in [3.63, 3.8) is 0 Å². The normalized spacial score (nSPS) is 18.3. The third kappa shape index (κ3) is 2.36. The molecule has 0 aromatic heterocycles. The van der Waals surface area contributed by atoms with Crippen LogP contribution in [-0.2, 0) is 6.42 Å². The Bertz CT molecular complexity index is 287. The summed E-state index contributed by atoms with van der Waals surface area (Å²) >= 11 is 2.58. The number of ether oxygens (including phenoxy) is 1. The van der Waals surface area contributed by atoms with Gasteiger partial charge in [-0.15, -0.1) is 0 Å². The van der Waals surface area contributed by atoms with E-state index in [9.17, 15) is 0 Å². The Labute approximate surface area is 92.6 Å². The topological polar surface area (TPSA) is 9.23 Å². The zero-order valence-corrected chi connectivity index (χ0v) is 9.87. The van der Waals surface area contributed by atoms with E-state index in [1.165, 1.54) is 24.8 Å². The van der Waals surface area contributed by atoms with Gasteiger partial charge >= 0.3 is 0 Å². The van der Waals surface area contributed by atoms with Gasteiger partial charge in [0.15, 0.2) is 0 Å². The van der Waals surface area contributed by atoms with Gasteiger partial charge in [0.25, 0.3) is 0 Å². The number of methoxy groups -OCH3 is 1. The minimum Gasteiger partial charge on any atom is -0.497 e. The standard InChI is InChI=1S/C11H13IO/c1-13-10-4-2-9(3-5-10)8-11(12)6-7-11/h2-5H,6-8H2,1H3. The summed E-state index contributed by atoms with van der Waals surface area (Å²) in [5.41, 5.74) is 1.42.